The molecule has 0 aliphatic carbocycles. The van der Waals surface area contributed by atoms with Gasteiger partial charge in [-0.3, -0.25) is 4.90 Å². The topological polar surface area (TPSA) is 34.2 Å². The van der Waals surface area contributed by atoms with Crippen LogP contribution < -0.4 is 9.47 Å². The summed E-state index contributed by atoms with van der Waals surface area (Å²) in [7, 11) is 4.25. The van der Waals surface area contributed by atoms with Crippen molar-refractivity contribution in [2.45, 2.75) is 25.5 Å². The van der Waals surface area contributed by atoms with Gasteiger partial charge in [0, 0.05) is 37.3 Å². The van der Waals surface area contributed by atoms with Gasteiger partial charge in [-0.05, 0) is 39.6 Å². The Hall–Kier alpha value is -1.30. The fourth-order valence-corrected chi connectivity index (χ4v) is 3.42. The summed E-state index contributed by atoms with van der Waals surface area (Å²) in [6.45, 7) is 7.31. The number of likely N-dealkylation sites (N-methyl/N-ethyl adjacent to an activating group) is 1. The largest absolute Gasteiger partial charge is 0.494 e. The molecule has 5 heteroatoms. The molecule has 5 nitrogen and oxygen atoms in total. The van der Waals surface area contributed by atoms with Crippen molar-refractivity contribution in [2.75, 3.05) is 53.6 Å². The Morgan fingerprint density at radius 3 is 2.96 bits per heavy atom. The Morgan fingerprint density at radius 2 is 2.17 bits per heavy atom. The van der Waals surface area contributed by atoms with Gasteiger partial charge in [-0.15, -0.1) is 0 Å². The van der Waals surface area contributed by atoms with Crippen LogP contribution in [0.15, 0.2) is 18.2 Å². The van der Waals surface area contributed by atoms with E-state index in [0.717, 1.165) is 56.3 Å². The highest BCUT2D eigenvalue weighted by Gasteiger charge is 2.36. The molecule has 0 radical (unpaired) electrons. The van der Waals surface area contributed by atoms with Crippen LogP contribution in [0.4, 0.5) is 0 Å². The minimum absolute atomic E-state index is 0.0964. The third-order valence-electron chi connectivity index (χ3n) is 4.60. The third-order valence-corrected chi connectivity index (χ3v) is 4.60. The van der Waals surface area contributed by atoms with Crippen molar-refractivity contribution in [1.29, 1.82) is 0 Å². The minimum atomic E-state index is 0.0964. The van der Waals surface area contributed by atoms with Gasteiger partial charge in [-0.25, -0.2) is 0 Å². The number of fused-ring (bicyclic) bond motifs is 3. The zero-order valence-corrected chi connectivity index (χ0v) is 14.5. The summed E-state index contributed by atoms with van der Waals surface area (Å²) in [6, 6.07) is 6.53. The monoisotopic (exact) mass is 320 g/mol. The SMILES string of the molecule is CCOc1ccc2c(c1)OCCC1C2OCCN1CCN(C)C. The molecule has 0 spiro atoms. The van der Waals surface area contributed by atoms with Crippen molar-refractivity contribution in [1.82, 2.24) is 9.80 Å². The lowest BCUT2D eigenvalue weighted by Gasteiger charge is -2.40. The molecule has 1 aromatic rings. The minimum Gasteiger partial charge on any atom is -0.494 e. The second kappa shape index (κ2) is 7.51. The first-order valence-corrected chi connectivity index (χ1v) is 8.59. The Kier molecular flexibility index (Phi) is 5.41. The van der Waals surface area contributed by atoms with Crippen LogP contribution in [-0.2, 0) is 4.74 Å². The summed E-state index contributed by atoms with van der Waals surface area (Å²) in [5.41, 5.74) is 1.16. The molecule has 2 unspecified atom stereocenters. The lowest BCUT2D eigenvalue weighted by molar-refractivity contribution is -0.0753. The van der Waals surface area contributed by atoms with E-state index in [9.17, 15) is 0 Å². The Bertz CT molecular complexity index is 521. The second-order valence-electron chi connectivity index (χ2n) is 6.47. The zero-order valence-electron chi connectivity index (χ0n) is 14.5. The van der Waals surface area contributed by atoms with Crippen LogP contribution in [0.2, 0.25) is 0 Å². The van der Waals surface area contributed by atoms with Crippen molar-refractivity contribution in [3.8, 4) is 11.5 Å². The smallest absolute Gasteiger partial charge is 0.128 e. The van der Waals surface area contributed by atoms with Gasteiger partial charge in [-0.2, -0.15) is 0 Å². The molecule has 0 bridgehead atoms. The first-order chi connectivity index (χ1) is 11.2. The van der Waals surface area contributed by atoms with Crippen LogP contribution >= 0.6 is 0 Å². The molecule has 0 aromatic heterocycles. The summed E-state index contributed by atoms with van der Waals surface area (Å²) in [5, 5.41) is 0. The average Bonchev–Trinajstić information content (AvgIpc) is 2.72. The molecule has 2 aliphatic rings. The molecule has 3 rings (SSSR count). The number of morpholine rings is 1. The molecule has 0 amide bonds. The molecule has 2 aliphatic heterocycles. The van der Waals surface area contributed by atoms with Gasteiger partial charge < -0.3 is 19.1 Å². The van der Waals surface area contributed by atoms with E-state index in [1.807, 2.05) is 19.1 Å². The lowest BCUT2D eigenvalue weighted by Crippen LogP contribution is -2.49. The standard InChI is InChI=1S/C18H28N2O3/c1-4-21-14-5-6-15-17(13-14)22-11-7-16-18(15)23-12-10-20(16)9-8-19(2)3/h5-6,13,16,18H,4,7-12H2,1-3H3. The molecule has 0 N–H and O–H groups in total. The van der Waals surface area contributed by atoms with Crippen LogP contribution in [0.1, 0.15) is 25.0 Å². The number of rotatable bonds is 5. The normalized spacial score (nSPS) is 24.5. The number of benzene rings is 1. The van der Waals surface area contributed by atoms with E-state index in [0.29, 0.717) is 12.6 Å². The van der Waals surface area contributed by atoms with Crippen molar-refractivity contribution in [3.05, 3.63) is 23.8 Å². The van der Waals surface area contributed by atoms with Crippen molar-refractivity contribution >= 4 is 0 Å². The predicted octanol–water partition coefficient (Wildman–Crippen LogP) is 2.17. The maximum Gasteiger partial charge on any atom is 0.128 e. The third kappa shape index (κ3) is 3.79. The molecular weight excluding hydrogens is 292 g/mol. The Labute approximate surface area is 139 Å². The van der Waals surface area contributed by atoms with Gasteiger partial charge in [0.2, 0.25) is 0 Å². The molecule has 1 saturated heterocycles. The number of hydrogen-bond donors (Lipinski definition) is 0. The Morgan fingerprint density at radius 1 is 1.30 bits per heavy atom. The van der Waals surface area contributed by atoms with E-state index in [2.05, 4.69) is 30.0 Å². The van der Waals surface area contributed by atoms with E-state index in [1.165, 1.54) is 0 Å². The average molecular weight is 320 g/mol. The van der Waals surface area contributed by atoms with Gasteiger partial charge in [0.25, 0.3) is 0 Å². The quantitative estimate of drug-likeness (QED) is 0.831. The summed E-state index contributed by atoms with van der Waals surface area (Å²) < 4.78 is 17.8. The zero-order chi connectivity index (χ0) is 16.2. The highest BCUT2D eigenvalue weighted by molar-refractivity contribution is 5.43. The summed E-state index contributed by atoms with van der Waals surface area (Å²) in [6.07, 6.45) is 1.09. The molecule has 2 heterocycles. The summed E-state index contributed by atoms with van der Waals surface area (Å²) >= 11 is 0. The van der Waals surface area contributed by atoms with Crippen molar-refractivity contribution < 1.29 is 14.2 Å². The van der Waals surface area contributed by atoms with E-state index in [4.69, 9.17) is 14.2 Å². The van der Waals surface area contributed by atoms with E-state index in [1.54, 1.807) is 0 Å². The van der Waals surface area contributed by atoms with Crippen molar-refractivity contribution in [2.24, 2.45) is 0 Å². The molecule has 1 fully saturated rings. The van der Waals surface area contributed by atoms with E-state index in [-0.39, 0.29) is 6.10 Å². The van der Waals surface area contributed by atoms with Gasteiger partial charge >= 0.3 is 0 Å². The lowest BCUT2D eigenvalue weighted by atomic mass is 9.97. The van der Waals surface area contributed by atoms with Gasteiger partial charge in [0.1, 0.15) is 17.6 Å². The van der Waals surface area contributed by atoms with Crippen LogP contribution in [0.25, 0.3) is 0 Å². The Balaban J connectivity index is 1.80. The summed E-state index contributed by atoms with van der Waals surface area (Å²) in [4.78, 5) is 4.79. The fourth-order valence-electron chi connectivity index (χ4n) is 3.42. The number of ether oxygens (including phenoxy) is 3. The van der Waals surface area contributed by atoms with Crippen LogP contribution in [0, 0.1) is 0 Å². The van der Waals surface area contributed by atoms with Crippen LogP contribution in [0.5, 0.6) is 11.5 Å². The highest BCUT2D eigenvalue weighted by Crippen LogP contribution is 2.39. The van der Waals surface area contributed by atoms with Crippen LogP contribution in [-0.4, -0.2) is 69.4 Å². The molecule has 1 aromatic carbocycles. The maximum absolute atomic E-state index is 6.15. The maximum atomic E-state index is 6.15. The van der Waals surface area contributed by atoms with Crippen molar-refractivity contribution in [3.63, 3.8) is 0 Å². The number of hydrogen-bond acceptors (Lipinski definition) is 5. The van der Waals surface area contributed by atoms with Gasteiger partial charge in [0.05, 0.1) is 19.8 Å². The van der Waals surface area contributed by atoms with Gasteiger partial charge in [-0.1, -0.05) is 0 Å². The van der Waals surface area contributed by atoms with Crippen LogP contribution in [0.3, 0.4) is 0 Å². The molecular formula is C18H28N2O3. The highest BCUT2D eigenvalue weighted by atomic mass is 16.5. The molecule has 23 heavy (non-hydrogen) atoms. The molecule has 2 atom stereocenters. The summed E-state index contributed by atoms with van der Waals surface area (Å²) in [5.74, 6) is 1.78. The van der Waals surface area contributed by atoms with E-state index < -0.39 is 0 Å². The first-order valence-electron chi connectivity index (χ1n) is 8.59. The first kappa shape index (κ1) is 16.6. The number of nitrogens with zero attached hydrogens (tertiary/aromatic N) is 2. The van der Waals surface area contributed by atoms with Gasteiger partial charge in [0.15, 0.2) is 0 Å². The predicted molar refractivity (Wildman–Crippen MR) is 90.3 cm³/mol. The molecule has 0 saturated carbocycles. The second-order valence-corrected chi connectivity index (χ2v) is 6.47. The fraction of sp³-hybridized carbons (Fsp3) is 0.667. The van der Waals surface area contributed by atoms with E-state index >= 15 is 0 Å². The molecule has 128 valence electrons.